The van der Waals surface area contributed by atoms with Crippen molar-refractivity contribution in [1.82, 2.24) is 5.32 Å². The molecule has 0 heterocycles. The van der Waals surface area contributed by atoms with E-state index in [9.17, 15) is 19.8 Å². The Kier molecular flexibility index (Phi) is 52.5. The van der Waals surface area contributed by atoms with Crippen LogP contribution in [0.5, 0.6) is 0 Å². The van der Waals surface area contributed by atoms with Gasteiger partial charge in [-0.2, -0.15) is 0 Å². The van der Waals surface area contributed by atoms with Gasteiger partial charge in [-0.25, -0.2) is 0 Å². The van der Waals surface area contributed by atoms with Crippen LogP contribution in [0.15, 0.2) is 0 Å². The van der Waals surface area contributed by atoms with Crippen LogP contribution in [-0.4, -0.2) is 47.4 Å². The molecule has 0 aliphatic carbocycles. The number of esters is 1. The molecule has 0 aromatic carbocycles. The highest BCUT2D eigenvalue weighted by Gasteiger charge is 2.20. The summed E-state index contributed by atoms with van der Waals surface area (Å²) in [5.41, 5.74) is 0. The lowest BCUT2D eigenvalue weighted by Crippen LogP contribution is -2.45. The van der Waals surface area contributed by atoms with Gasteiger partial charge in [-0.1, -0.05) is 290 Å². The summed E-state index contributed by atoms with van der Waals surface area (Å²) in [6.07, 6.45) is 60.8. The fourth-order valence-corrected chi connectivity index (χ4v) is 9.23. The average molecular weight is 893 g/mol. The van der Waals surface area contributed by atoms with Crippen LogP contribution in [0.3, 0.4) is 0 Å². The summed E-state index contributed by atoms with van der Waals surface area (Å²) in [4.78, 5) is 24.6. The Morgan fingerprint density at radius 2 is 0.651 bits per heavy atom. The highest BCUT2D eigenvalue weighted by molar-refractivity contribution is 5.76. The Bertz CT molecular complexity index is 898. The topological polar surface area (TPSA) is 95.9 Å². The molecule has 376 valence electrons. The number of ether oxygens (including phenoxy) is 1. The predicted molar refractivity (Wildman–Crippen MR) is 274 cm³/mol. The van der Waals surface area contributed by atoms with Crippen LogP contribution in [0.25, 0.3) is 0 Å². The van der Waals surface area contributed by atoms with Crippen LogP contribution in [-0.2, 0) is 14.3 Å². The number of hydrogen-bond acceptors (Lipinski definition) is 5. The zero-order chi connectivity index (χ0) is 45.8. The molecule has 2 atom stereocenters. The van der Waals surface area contributed by atoms with Crippen LogP contribution in [0.2, 0.25) is 0 Å². The molecule has 0 aliphatic rings. The minimum atomic E-state index is -0.673. The van der Waals surface area contributed by atoms with Gasteiger partial charge in [0.2, 0.25) is 5.91 Å². The quantitative estimate of drug-likeness (QED) is 0.0418. The van der Waals surface area contributed by atoms with Gasteiger partial charge >= 0.3 is 5.97 Å². The van der Waals surface area contributed by atoms with Gasteiger partial charge < -0.3 is 20.3 Å². The molecule has 6 heteroatoms. The maximum absolute atomic E-state index is 12.5. The van der Waals surface area contributed by atoms with Crippen molar-refractivity contribution in [2.45, 2.75) is 341 Å². The molecule has 3 N–H and O–H groups in total. The second-order valence-electron chi connectivity index (χ2n) is 20.0. The third-order valence-corrected chi connectivity index (χ3v) is 13.7. The maximum Gasteiger partial charge on any atom is 0.305 e. The summed E-state index contributed by atoms with van der Waals surface area (Å²) < 4.78 is 5.48. The fourth-order valence-electron chi connectivity index (χ4n) is 9.23. The molecule has 1 amide bonds. The molecule has 0 spiro atoms. The number of hydrogen-bond donors (Lipinski definition) is 3. The van der Waals surface area contributed by atoms with E-state index >= 15 is 0 Å². The Morgan fingerprint density at radius 3 is 0.968 bits per heavy atom. The number of rotatable bonds is 54. The Labute approximate surface area is 394 Å². The first-order valence-corrected chi connectivity index (χ1v) is 28.8. The van der Waals surface area contributed by atoms with Gasteiger partial charge in [-0.15, -0.1) is 0 Å². The molecular weight excluding hydrogens is 779 g/mol. The van der Waals surface area contributed by atoms with Gasteiger partial charge in [-0.05, 0) is 25.7 Å². The van der Waals surface area contributed by atoms with E-state index in [2.05, 4.69) is 19.2 Å². The van der Waals surface area contributed by atoms with Crippen LogP contribution in [0.1, 0.15) is 328 Å². The van der Waals surface area contributed by atoms with Crippen LogP contribution in [0, 0.1) is 0 Å². The second-order valence-corrected chi connectivity index (χ2v) is 20.0. The molecule has 6 nitrogen and oxygen atoms in total. The first-order valence-electron chi connectivity index (χ1n) is 28.8. The molecule has 2 unspecified atom stereocenters. The number of nitrogens with one attached hydrogen (secondary N) is 1. The number of carbonyl (C=O) groups is 2. The van der Waals surface area contributed by atoms with Crippen molar-refractivity contribution >= 4 is 11.9 Å². The Balaban J connectivity index is 3.43. The third kappa shape index (κ3) is 50.1. The van der Waals surface area contributed by atoms with E-state index in [0.29, 0.717) is 25.9 Å². The van der Waals surface area contributed by atoms with Gasteiger partial charge in [0.15, 0.2) is 0 Å². The highest BCUT2D eigenvalue weighted by Crippen LogP contribution is 2.18. The largest absolute Gasteiger partial charge is 0.466 e. The zero-order valence-electron chi connectivity index (χ0n) is 42.8. The minimum absolute atomic E-state index is 0.00453. The predicted octanol–water partition coefficient (Wildman–Crippen LogP) is 17.5. The summed E-state index contributed by atoms with van der Waals surface area (Å²) >= 11 is 0. The molecule has 0 aromatic heterocycles. The Morgan fingerprint density at radius 1 is 0.381 bits per heavy atom. The van der Waals surface area contributed by atoms with Gasteiger partial charge in [0.25, 0.3) is 0 Å². The summed E-state index contributed by atoms with van der Waals surface area (Å²) in [5.74, 6) is -0.0512. The van der Waals surface area contributed by atoms with Crippen LogP contribution < -0.4 is 5.32 Å². The van der Waals surface area contributed by atoms with Crippen molar-refractivity contribution in [3.8, 4) is 0 Å². The Hall–Kier alpha value is -1.14. The summed E-state index contributed by atoms with van der Waals surface area (Å²) in [6.45, 7) is 4.95. The van der Waals surface area contributed by atoms with E-state index in [4.69, 9.17) is 4.74 Å². The van der Waals surface area contributed by atoms with Crippen molar-refractivity contribution in [3.05, 3.63) is 0 Å². The van der Waals surface area contributed by atoms with Crippen molar-refractivity contribution in [2.24, 2.45) is 0 Å². The van der Waals surface area contributed by atoms with E-state index in [0.717, 1.165) is 57.8 Å². The molecule has 0 rings (SSSR count). The number of carbonyl (C=O) groups excluding carboxylic acids is 2. The lowest BCUT2D eigenvalue weighted by Gasteiger charge is -2.22. The summed E-state index contributed by atoms with van der Waals surface area (Å²) in [5, 5.41) is 23.3. The van der Waals surface area contributed by atoms with E-state index in [-0.39, 0.29) is 18.5 Å². The SMILES string of the molecule is CCCCCCCCCCCCCCCCCCCCC(O)C(CO)NC(=O)CCCCCCCCCCCCCCOC(=O)CCCCCCCCCCCCCCCCCC. The van der Waals surface area contributed by atoms with Gasteiger partial charge in [0, 0.05) is 12.8 Å². The van der Waals surface area contributed by atoms with E-state index < -0.39 is 12.1 Å². The number of amides is 1. The highest BCUT2D eigenvalue weighted by atomic mass is 16.5. The molecule has 0 fully saturated rings. The molecular formula is C57H113NO5. The molecule has 0 saturated heterocycles. The fraction of sp³-hybridized carbons (Fsp3) is 0.965. The molecule has 0 saturated carbocycles. The zero-order valence-corrected chi connectivity index (χ0v) is 42.8. The van der Waals surface area contributed by atoms with Gasteiger partial charge in [0.1, 0.15) is 0 Å². The average Bonchev–Trinajstić information content (AvgIpc) is 3.28. The second kappa shape index (κ2) is 53.5. The minimum Gasteiger partial charge on any atom is -0.466 e. The summed E-state index contributed by atoms with van der Waals surface area (Å²) in [6, 6.07) is -0.552. The molecule has 0 aliphatic heterocycles. The molecule has 0 bridgehead atoms. The van der Waals surface area contributed by atoms with Crippen LogP contribution in [0.4, 0.5) is 0 Å². The standard InChI is InChI=1S/C57H113NO5/c1-3-5-7-9-11-13-15-17-19-21-22-23-25-29-33-37-41-45-49-55(60)54(53-59)58-56(61)50-46-42-38-34-30-27-28-32-36-40-44-48-52-63-57(62)51-47-43-39-35-31-26-24-20-18-16-14-12-10-8-6-4-2/h54-55,59-60H,3-53H2,1-2H3,(H,58,61). The lowest BCUT2D eigenvalue weighted by atomic mass is 10.0. The van der Waals surface area contributed by atoms with Crippen LogP contribution >= 0.6 is 0 Å². The van der Waals surface area contributed by atoms with E-state index in [1.807, 2.05) is 0 Å². The molecule has 63 heavy (non-hydrogen) atoms. The van der Waals surface area contributed by atoms with E-state index in [1.165, 1.54) is 238 Å². The maximum atomic E-state index is 12.5. The third-order valence-electron chi connectivity index (χ3n) is 13.7. The monoisotopic (exact) mass is 892 g/mol. The number of unbranched alkanes of at least 4 members (excludes halogenated alkanes) is 43. The molecule has 0 radical (unpaired) electrons. The smallest absolute Gasteiger partial charge is 0.305 e. The number of aliphatic hydroxyl groups excluding tert-OH is 2. The first-order chi connectivity index (χ1) is 31.0. The van der Waals surface area contributed by atoms with Gasteiger partial charge in [-0.3, -0.25) is 9.59 Å². The lowest BCUT2D eigenvalue weighted by molar-refractivity contribution is -0.143. The summed E-state index contributed by atoms with van der Waals surface area (Å²) in [7, 11) is 0. The van der Waals surface area contributed by atoms with Crippen molar-refractivity contribution < 1.29 is 24.5 Å². The van der Waals surface area contributed by atoms with Crippen molar-refractivity contribution in [1.29, 1.82) is 0 Å². The molecule has 0 aromatic rings. The number of aliphatic hydroxyl groups is 2. The van der Waals surface area contributed by atoms with E-state index in [1.54, 1.807) is 0 Å². The van der Waals surface area contributed by atoms with Gasteiger partial charge in [0.05, 0.1) is 25.4 Å². The van der Waals surface area contributed by atoms with Crippen molar-refractivity contribution in [3.63, 3.8) is 0 Å². The first kappa shape index (κ1) is 61.9. The van der Waals surface area contributed by atoms with Crippen molar-refractivity contribution in [2.75, 3.05) is 13.2 Å². The normalized spacial score (nSPS) is 12.5.